The summed E-state index contributed by atoms with van der Waals surface area (Å²) in [6, 6.07) is 3.71. The highest BCUT2D eigenvalue weighted by Gasteiger charge is 2.28. The number of carboxylic acids is 2. The van der Waals surface area contributed by atoms with Gasteiger partial charge in [0.05, 0.1) is 4.92 Å². The highest BCUT2D eigenvalue weighted by molar-refractivity contribution is 5.92. The van der Waals surface area contributed by atoms with Crippen LogP contribution in [0.2, 0.25) is 0 Å². The smallest absolute Gasteiger partial charge is 0.303 e. The van der Waals surface area contributed by atoms with Crippen molar-refractivity contribution < 1.29 is 39.1 Å². The molecule has 2 unspecified atom stereocenters. The molecule has 1 aromatic carbocycles. The summed E-state index contributed by atoms with van der Waals surface area (Å²) in [5, 5.41) is 33.7. The standard InChI is InChI=1S/C26H32N4O9/c1-26(12-9-16(10-13-26)17-3-2-4-18(15-17)30(38)39)14-11-21(31)28-20(6-8-23(34)35)25(37)29-19(24(27)36)5-7-22(32)33/h2-4,9-10,12,15,19-20H,5-8,11,13-14H2,1H3,(H2,27,36)(H,28,31)(H,29,37)(H,32,33)(H,34,35)/t19-,20?,26?/m0/s1. The Labute approximate surface area is 224 Å². The fourth-order valence-corrected chi connectivity index (χ4v) is 4.00. The van der Waals surface area contributed by atoms with Crippen LogP contribution in [0.25, 0.3) is 5.57 Å². The quantitative estimate of drug-likeness (QED) is 0.160. The molecule has 0 spiro atoms. The van der Waals surface area contributed by atoms with E-state index in [1.54, 1.807) is 12.1 Å². The maximum atomic E-state index is 12.7. The van der Waals surface area contributed by atoms with E-state index >= 15 is 0 Å². The van der Waals surface area contributed by atoms with Crippen LogP contribution in [0.1, 0.15) is 57.4 Å². The molecular formula is C26H32N4O9. The van der Waals surface area contributed by atoms with Crippen molar-refractivity contribution >= 4 is 40.9 Å². The summed E-state index contributed by atoms with van der Waals surface area (Å²) in [5.41, 5.74) is 6.33. The number of non-ortho nitro benzene ring substituents is 1. The van der Waals surface area contributed by atoms with Crippen molar-refractivity contribution in [2.45, 2.75) is 64.0 Å². The van der Waals surface area contributed by atoms with Crippen molar-refractivity contribution in [3.05, 3.63) is 58.2 Å². The Bertz CT molecular complexity index is 1190. The molecule has 210 valence electrons. The van der Waals surface area contributed by atoms with Crippen molar-refractivity contribution in [1.82, 2.24) is 10.6 Å². The topological polar surface area (TPSA) is 219 Å². The van der Waals surface area contributed by atoms with Gasteiger partial charge in [-0.05, 0) is 42.2 Å². The number of aliphatic carboxylic acids is 2. The number of allylic oxidation sites excluding steroid dienone is 4. The molecule has 2 rings (SSSR count). The number of amides is 3. The Kier molecular flexibility index (Phi) is 10.9. The zero-order valence-electron chi connectivity index (χ0n) is 21.4. The summed E-state index contributed by atoms with van der Waals surface area (Å²) < 4.78 is 0. The van der Waals surface area contributed by atoms with E-state index in [9.17, 15) is 34.1 Å². The molecule has 0 saturated heterocycles. The van der Waals surface area contributed by atoms with E-state index in [0.717, 1.165) is 5.57 Å². The van der Waals surface area contributed by atoms with Gasteiger partial charge in [-0.25, -0.2) is 0 Å². The zero-order chi connectivity index (χ0) is 29.2. The second-order valence-electron chi connectivity index (χ2n) is 9.61. The summed E-state index contributed by atoms with van der Waals surface area (Å²) in [6.45, 7) is 1.94. The predicted octanol–water partition coefficient (Wildman–Crippen LogP) is 1.91. The molecule has 13 nitrogen and oxygen atoms in total. The van der Waals surface area contributed by atoms with Crippen molar-refractivity contribution in [2.75, 3.05) is 0 Å². The van der Waals surface area contributed by atoms with Gasteiger partial charge in [0, 0.05) is 31.4 Å². The SMILES string of the molecule is CC1(CCC(=O)NC(CCC(=O)O)C(=O)N[C@@H](CCC(=O)O)C(N)=O)C=CC(c2cccc([N+](=O)[O-])c2)=CC1. The maximum absolute atomic E-state index is 12.7. The maximum Gasteiger partial charge on any atom is 0.303 e. The molecule has 0 aliphatic heterocycles. The van der Waals surface area contributed by atoms with Crippen LogP contribution in [0.5, 0.6) is 0 Å². The van der Waals surface area contributed by atoms with E-state index < -0.39 is 64.9 Å². The Hall–Kier alpha value is -4.55. The zero-order valence-corrected chi connectivity index (χ0v) is 21.4. The van der Waals surface area contributed by atoms with E-state index in [-0.39, 0.29) is 24.9 Å². The lowest BCUT2D eigenvalue weighted by Crippen LogP contribution is -2.53. The van der Waals surface area contributed by atoms with Gasteiger partial charge in [0.1, 0.15) is 12.1 Å². The van der Waals surface area contributed by atoms with Crippen molar-refractivity contribution in [3.8, 4) is 0 Å². The molecule has 1 aromatic rings. The van der Waals surface area contributed by atoms with Gasteiger partial charge in [-0.2, -0.15) is 0 Å². The summed E-state index contributed by atoms with van der Waals surface area (Å²) in [6.07, 6.45) is 5.29. The third kappa shape index (κ3) is 10.0. The van der Waals surface area contributed by atoms with Gasteiger partial charge in [-0.1, -0.05) is 37.3 Å². The van der Waals surface area contributed by atoms with E-state index in [0.29, 0.717) is 18.4 Å². The number of rotatable bonds is 15. The van der Waals surface area contributed by atoms with Crippen LogP contribution in [-0.4, -0.2) is 56.9 Å². The molecule has 1 aliphatic rings. The highest BCUT2D eigenvalue weighted by Crippen LogP contribution is 2.37. The largest absolute Gasteiger partial charge is 0.481 e. The van der Waals surface area contributed by atoms with Gasteiger partial charge in [-0.3, -0.25) is 34.1 Å². The number of nitro benzene ring substituents is 1. The molecule has 0 fully saturated rings. The molecule has 3 atom stereocenters. The molecule has 3 amide bonds. The lowest BCUT2D eigenvalue weighted by atomic mass is 9.77. The monoisotopic (exact) mass is 544 g/mol. The molecule has 0 radical (unpaired) electrons. The van der Waals surface area contributed by atoms with Crippen LogP contribution >= 0.6 is 0 Å². The Morgan fingerprint density at radius 1 is 1.05 bits per heavy atom. The van der Waals surface area contributed by atoms with Crippen LogP contribution in [0.4, 0.5) is 5.69 Å². The minimum absolute atomic E-state index is 0.00986. The number of hydrogen-bond donors (Lipinski definition) is 5. The number of carbonyl (C=O) groups is 5. The number of carboxylic acid groups (broad SMARTS) is 2. The number of nitrogens with two attached hydrogens (primary N) is 1. The van der Waals surface area contributed by atoms with Crippen LogP contribution in [0.15, 0.2) is 42.5 Å². The van der Waals surface area contributed by atoms with Crippen molar-refractivity contribution in [2.24, 2.45) is 11.1 Å². The lowest BCUT2D eigenvalue weighted by Gasteiger charge is -2.28. The van der Waals surface area contributed by atoms with Gasteiger partial charge in [0.15, 0.2) is 0 Å². The van der Waals surface area contributed by atoms with Crippen LogP contribution in [-0.2, 0) is 24.0 Å². The first-order valence-electron chi connectivity index (χ1n) is 12.3. The Morgan fingerprint density at radius 2 is 1.69 bits per heavy atom. The first-order valence-corrected chi connectivity index (χ1v) is 12.3. The number of benzene rings is 1. The van der Waals surface area contributed by atoms with Gasteiger partial charge in [0.25, 0.3) is 5.69 Å². The first-order chi connectivity index (χ1) is 18.3. The number of primary amides is 1. The van der Waals surface area contributed by atoms with E-state index in [2.05, 4.69) is 10.6 Å². The fourth-order valence-electron chi connectivity index (χ4n) is 4.00. The van der Waals surface area contributed by atoms with E-state index in [1.165, 1.54) is 12.1 Å². The molecule has 0 saturated carbocycles. The third-order valence-electron chi connectivity index (χ3n) is 6.37. The van der Waals surface area contributed by atoms with Gasteiger partial charge in [0.2, 0.25) is 17.7 Å². The molecule has 0 aromatic heterocycles. The number of nitrogens with zero attached hydrogens (tertiary/aromatic N) is 1. The number of carbonyl (C=O) groups excluding carboxylic acids is 3. The Morgan fingerprint density at radius 3 is 2.23 bits per heavy atom. The average Bonchev–Trinajstić information content (AvgIpc) is 2.87. The lowest BCUT2D eigenvalue weighted by molar-refractivity contribution is -0.384. The molecule has 39 heavy (non-hydrogen) atoms. The molecule has 6 N–H and O–H groups in total. The first kappa shape index (κ1) is 30.7. The molecule has 0 bridgehead atoms. The molecule has 1 aliphatic carbocycles. The second-order valence-corrected chi connectivity index (χ2v) is 9.61. The summed E-state index contributed by atoms with van der Waals surface area (Å²) in [4.78, 5) is 69.5. The molecule has 13 heteroatoms. The van der Waals surface area contributed by atoms with Crippen LogP contribution < -0.4 is 16.4 Å². The highest BCUT2D eigenvalue weighted by atomic mass is 16.6. The summed E-state index contributed by atoms with van der Waals surface area (Å²) in [7, 11) is 0. The van der Waals surface area contributed by atoms with Crippen molar-refractivity contribution in [3.63, 3.8) is 0 Å². The van der Waals surface area contributed by atoms with Crippen molar-refractivity contribution in [1.29, 1.82) is 0 Å². The minimum Gasteiger partial charge on any atom is -0.481 e. The molecular weight excluding hydrogens is 512 g/mol. The van der Waals surface area contributed by atoms with Gasteiger partial charge >= 0.3 is 11.9 Å². The third-order valence-corrected chi connectivity index (χ3v) is 6.37. The molecule has 0 heterocycles. The fraction of sp³-hybridized carbons (Fsp3) is 0.423. The second kappa shape index (κ2) is 13.8. The van der Waals surface area contributed by atoms with Crippen LogP contribution in [0.3, 0.4) is 0 Å². The number of nitrogens with one attached hydrogen (secondary N) is 2. The minimum atomic E-state index is -1.30. The van der Waals surface area contributed by atoms with Gasteiger partial charge in [-0.15, -0.1) is 0 Å². The number of nitro groups is 1. The Balaban J connectivity index is 1.99. The van der Waals surface area contributed by atoms with E-state index in [4.69, 9.17) is 15.9 Å². The number of hydrogen-bond acceptors (Lipinski definition) is 7. The predicted molar refractivity (Wildman–Crippen MR) is 139 cm³/mol. The van der Waals surface area contributed by atoms with Gasteiger partial charge < -0.3 is 26.6 Å². The average molecular weight is 545 g/mol. The normalized spacial score (nSPS) is 17.8. The summed E-state index contributed by atoms with van der Waals surface area (Å²) >= 11 is 0. The van der Waals surface area contributed by atoms with E-state index in [1.807, 2.05) is 25.2 Å². The van der Waals surface area contributed by atoms with Crippen LogP contribution in [0, 0.1) is 15.5 Å². The summed E-state index contributed by atoms with van der Waals surface area (Å²) in [5.74, 6) is -4.69.